The first kappa shape index (κ1) is 12.9. The SMILES string of the molecule is Cc1cc(F)cc(C(=O)c2ccc3c(c2)CC(C)O3)c1. The van der Waals surface area contributed by atoms with Crippen molar-refractivity contribution in [3.8, 4) is 5.75 Å². The molecule has 0 saturated carbocycles. The number of fused-ring (bicyclic) bond motifs is 1. The third-order valence-electron chi connectivity index (χ3n) is 3.46. The molecule has 0 bridgehead atoms. The van der Waals surface area contributed by atoms with Crippen molar-refractivity contribution in [1.82, 2.24) is 0 Å². The van der Waals surface area contributed by atoms with E-state index in [2.05, 4.69) is 0 Å². The minimum Gasteiger partial charge on any atom is -0.490 e. The third-order valence-corrected chi connectivity index (χ3v) is 3.46. The Hall–Kier alpha value is -2.16. The summed E-state index contributed by atoms with van der Waals surface area (Å²) in [6, 6.07) is 9.80. The van der Waals surface area contributed by atoms with Crippen molar-refractivity contribution in [2.45, 2.75) is 26.4 Å². The minimum atomic E-state index is -0.383. The Bertz CT molecular complexity index is 671. The Morgan fingerprint density at radius 3 is 2.75 bits per heavy atom. The molecule has 1 heterocycles. The highest BCUT2D eigenvalue weighted by molar-refractivity contribution is 6.09. The Balaban J connectivity index is 1.97. The van der Waals surface area contributed by atoms with Gasteiger partial charge in [0.1, 0.15) is 17.7 Å². The number of halogens is 1. The molecule has 0 fully saturated rings. The van der Waals surface area contributed by atoms with Crippen molar-refractivity contribution in [1.29, 1.82) is 0 Å². The van der Waals surface area contributed by atoms with Crippen LogP contribution in [0.3, 0.4) is 0 Å². The lowest BCUT2D eigenvalue weighted by molar-refractivity contribution is 0.103. The molecule has 1 aliphatic heterocycles. The van der Waals surface area contributed by atoms with Gasteiger partial charge in [-0.1, -0.05) is 0 Å². The van der Waals surface area contributed by atoms with Crippen molar-refractivity contribution in [2.75, 3.05) is 0 Å². The Morgan fingerprint density at radius 2 is 2.00 bits per heavy atom. The van der Waals surface area contributed by atoms with Crippen LogP contribution in [-0.2, 0) is 6.42 Å². The summed E-state index contributed by atoms with van der Waals surface area (Å²) in [5, 5.41) is 0. The van der Waals surface area contributed by atoms with Crippen LogP contribution in [-0.4, -0.2) is 11.9 Å². The van der Waals surface area contributed by atoms with Gasteiger partial charge in [-0.15, -0.1) is 0 Å². The molecule has 0 spiro atoms. The summed E-state index contributed by atoms with van der Waals surface area (Å²) < 4.78 is 19.0. The van der Waals surface area contributed by atoms with E-state index in [0.717, 1.165) is 23.3 Å². The van der Waals surface area contributed by atoms with Crippen LogP contribution in [0.15, 0.2) is 36.4 Å². The summed E-state index contributed by atoms with van der Waals surface area (Å²) in [7, 11) is 0. The van der Waals surface area contributed by atoms with Crippen molar-refractivity contribution in [3.05, 3.63) is 64.5 Å². The lowest BCUT2D eigenvalue weighted by atomic mass is 9.98. The molecule has 20 heavy (non-hydrogen) atoms. The average Bonchev–Trinajstić information content (AvgIpc) is 2.75. The molecule has 102 valence electrons. The van der Waals surface area contributed by atoms with Crippen LogP contribution >= 0.6 is 0 Å². The number of aryl methyl sites for hydroxylation is 1. The van der Waals surface area contributed by atoms with E-state index in [1.54, 1.807) is 19.1 Å². The van der Waals surface area contributed by atoms with Gasteiger partial charge in [-0.3, -0.25) is 4.79 Å². The minimum absolute atomic E-state index is 0.145. The monoisotopic (exact) mass is 270 g/mol. The number of rotatable bonds is 2. The molecule has 0 aliphatic carbocycles. The zero-order valence-electron chi connectivity index (χ0n) is 11.4. The van der Waals surface area contributed by atoms with Crippen molar-refractivity contribution < 1.29 is 13.9 Å². The molecular formula is C17H15FO2. The average molecular weight is 270 g/mol. The fourth-order valence-corrected chi connectivity index (χ4v) is 2.60. The molecule has 1 aliphatic rings. The molecule has 2 nitrogen and oxygen atoms in total. The Labute approximate surface area is 117 Å². The summed E-state index contributed by atoms with van der Waals surface area (Å²) in [6.07, 6.45) is 0.949. The quantitative estimate of drug-likeness (QED) is 0.778. The first-order valence-electron chi connectivity index (χ1n) is 6.64. The third kappa shape index (κ3) is 2.31. The van der Waals surface area contributed by atoms with Crippen molar-refractivity contribution in [2.24, 2.45) is 0 Å². The lowest BCUT2D eigenvalue weighted by Crippen LogP contribution is -2.05. The van der Waals surface area contributed by atoms with Crippen LogP contribution in [0.4, 0.5) is 4.39 Å². The van der Waals surface area contributed by atoms with Crippen LogP contribution < -0.4 is 4.74 Å². The van der Waals surface area contributed by atoms with E-state index in [1.807, 2.05) is 19.1 Å². The van der Waals surface area contributed by atoms with Crippen LogP contribution in [0.1, 0.15) is 34.0 Å². The smallest absolute Gasteiger partial charge is 0.193 e. The summed E-state index contributed by atoms with van der Waals surface area (Å²) in [5.41, 5.74) is 2.74. The van der Waals surface area contributed by atoms with Crippen LogP contribution in [0, 0.1) is 12.7 Å². The largest absolute Gasteiger partial charge is 0.490 e. The second-order valence-corrected chi connectivity index (χ2v) is 5.30. The first-order valence-corrected chi connectivity index (χ1v) is 6.64. The van der Waals surface area contributed by atoms with Crippen molar-refractivity contribution in [3.63, 3.8) is 0 Å². The van der Waals surface area contributed by atoms with Crippen LogP contribution in [0.25, 0.3) is 0 Å². The van der Waals surface area contributed by atoms with Gasteiger partial charge in [0.15, 0.2) is 5.78 Å². The zero-order valence-corrected chi connectivity index (χ0v) is 11.4. The van der Waals surface area contributed by atoms with E-state index in [0.29, 0.717) is 11.1 Å². The molecule has 0 saturated heterocycles. The molecule has 0 aromatic heterocycles. The standard InChI is InChI=1S/C17H15FO2/c1-10-5-14(9-15(18)6-10)17(19)12-3-4-16-13(8-12)7-11(2)20-16/h3-6,8-9,11H,7H2,1-2H3. The van der Waals surface area contributed by atoms with Crippen molar-refractivity contribution >= 4 is 5.78 Å². The van der Waals surface area contributed by atoms with E-state index in [9.17, 15) is 9.18 Å². The number of ketones is 1. The van der Waals surface area contributed by atoms with E-state index < -0.39 is 0 Å². The highest BCUT2D eigenvalue weighted by Crippen LogP contribution is 2.30. The molecule has 0 radical (unpaired) electrons. The summed E-state index contributed by atoms with van der Waals surface area (Å²) >= 11 is 0. The van der Waals surface area contributed by atoms with Crippen LogP contribution in [0.2, 0.25) is 0 Å². The molecule has 3 heteroatoms. The maximum absolute atomic E-state index is 13.4. The maximum Gasteiger partial charge on any atom is 0.193 e. The van der Waals surface area contributed by atoms with Gasteiger partial charge < -0.3 is 4.74 Å². The number of carbonyl (C=O) groups is 1. The lowest BCUT2D eigenvalue weighted by Gasteiger charge is -2.05. The normalized spacial score (nSPS) is 16.6. The van der Waals surface area contributed by atoms with Crippen LogP contribution in [0.5, 0.6) is 5.75 Å². The van der Waals surface area contributed by atoms with Gasteiger partial charge in [0.25, 0.3) is 0 Å². The number of hydrogen-bond acceptors (Lipinski definition) is 2. The predicted molar refractivity (Wildman–Crippen MR) is 74.8 cm³/mol. The van der Waals surface area contributed by atoms with E-state index >= 15 is 0 Å². The zero-order chi connectivity index (χ0) is 14.3. The molecule has 1 unspecified atom stereocenters. The summed E-state index contributed by atoms with van der Waals surface area (Å²) in [6.45, 7) is 3.77. The molecular weight excluding hydrogens is 255 g/mol. The Morgan fingerprint density at radius 1 is 1.20 bits per heavy atom. The van der Waals surface area contributed by atoms with E-state index in [1.165, 1.54) is 12.1 Å². The van der Waals surface area contributed by atoms with Gasteiger partial charge in [-0.25, -0.2) is 4.39 Å². The second-order valence-electron chi connectivity index (χ2n) is 5.30. The number of hydrogen-bond donors (Lipinski definition) is 0. The topological polar surface area (TPSA) is 26.3 Å². The molecule has 2 aromatic carbocycles. The summed E-state index contributed by atoms with van der Waals surface area (Å²) in [5.74, 6) is 0.297. The van der Waals surface area contributed by atoms with E-state index in [-0.39, 0.29) is 17.7 Å². The highest BCUT2D eigenvalue weighted by atomic mass is 19.1. The van der Waals surface area contributed by atoms with Gasteiger partial charge in [-0.2, -0.15) is 0 Å². The molecule has 3 rings (SSSR count). The molecule has 0 N–H and O–H groups in total. The fourth-order valence-electron chi connectivity index (χ4n) is 2.60. The van der Waals surface area contributed by atoms with E-state index in [4.69, 9.17) is 4.74 Å². The number of benzene rings is 2. The second kappa shape index (κ2) is 4.75. The molecule has 2 aromatic rings. The molecule has 1 atom stereocenters. The van der Waals surface area contributed by atoms with Gasteiger partial charge >= 0.3 is 0 Å². The van der Waals surface area contributed by atoms with Gasteiger partial charge in [0.05, 0.1) is 0 Å². The summed E-state index contributed by atoms with van der Waals surface area (Å²) in [4.78, 5) is 12.4. The molecule has 0 amide bonds. The number of carbonyl (C=O) groups excluding carboxylic acids is 1. The van der Waals surface area contributed by atoms with Gasteiger partial charge in [0, 0.05) is 17.5 Å². The van der Waals surface area contributed by atoms with Gasteiger partial charge in [0.2, 0.25) is 0 Å². The predicted octanol–water partition coefficient (Wildman–Crippen LogP) is 3.69. The maximum atomic E-state index is 13.4. The van der Waals surface area contributed by atoms with Gasteiger partial charge in [-0.05, 0) is 61.4 Å². The Kier molecular flexibility index (Phi) is 3.05. The highest BCUT2D eigenvalue weighted by Gasteiger charge is 2.21. The first-order chi connectivity index (χ1) is 9.52. The number of ether oxygens (including phenoxy) is 1. The fraction of sp³-hybridized carbons (Fsp3) is 0.235.